The number of pyridine rings is 1. The first-order valence-electron chi connectivity index (χ1n) is 13.9. The normalized spacial score (nSPS) is 14.9. The summed E-state index contributed by atoms with van der Waals surface area (Å²) in [6.07, 6.45) is 2.91. The van der Waals surface area contributed by atoms with Crippen LogP contribution in [0.3, 0.4) is 0 Å². The quantitative estimate of drug-likeness (QED) is 0.233. The molecule has 3 aromatic heterocycles. The molecule has 0 spiro atoms. The lowest BCUT2D eigenvalue weighted by atomic mass is 9.96. The zero-order valence-corrected chi connectivity index (χ0v) is 24.2. The van der Waals surface area contributed by atoms with E-state index in [0.29, 0.717) is 58.5 Å². The number of anilines is 2. The Kier molecular flexibility index (Phi) is 6.73. The number of fused-ring (bicyclic) bond motifs is 2. The highest BCUT2D eigenvalue weighted by Gasteiger charge is 2.54. The van der Waals surface area contributed by atoms with Gasteiger partial charge in [0.2, 0.25) is 0 Å². The fourth-order valence-electron chi connectivity index (χ4n) is 5.38. The Labute approximate surface area is 246 Å². The summed E-state index contributed by atoms with van der Waals surface area (Å²) < 4.78 is 30.9. The molecular weight excluding hydrogens is 550 g/mol. The maximum absolute atomic E-state index is 13.9. The molecule has 6 rings (SSSR count). The van der Waals surface area contributed by atoms with Gasteiger partial charge < -0.3 is 10.6 Å². The van der Waals surface area contributed by atoms with Crippen LogP contribution < -0.4 is 10.6 Å². The lowest BCUT2D eigenvalue weighted by molar-refractivity contribution is 0.0593. The molecule has 3 heterocycles. The van der Waals surface area contributed by atoms with E-state index in [-0.39, 0.29) is 5.41 Å². The molecule has 43 heavy (non-hydrogen) atoms. The van der Waals surface area contributed by atoms with Crippen molar-refractivity contribution in [3.63, 3.8) is 0 Å². The van der Waals surface area contributed by atoms with Crippen LogP contribution in [0.1, 0.15) is 62.0 Å². The molecular formula is C31H30F2N10. The molecule has 0 unspecified atom stereocenters. The van der Waals surface area contributed by atoms with Crippen LogP contribution in [0.2, 0.25) is 0 Å². The predicted octanol–water partition coefficient (Wildman–Crippen LogP) is 5.87. The van der Waals surface area contributed by atoms with Gasteiger partial charge in [0.05, 0.1) is 46.3 Å². The molecule has 12 heteroatoms. The van der Waals surface area contributed by atoms with Crippen LogP contribution in [0.4, 0.5) is 20.2 Å². The number of aryl methyl sites for hydroxylation is 1. The van der Waals surface area contributed by atoms with Gasteiger partial charge in [0.15, 0.2) is 0 Å². The van der Waals surface area contributed by atoms with E-state index in [4.69, 9.17) is 0 Å². The van der Waals surface area contributed by atoms with E-state index in [0.717, 1.165) is 16.5 Å². The first-order valence-corrected chi connectivity index (χ1v) is 13.9. The van der Waals surface area contributed by atoms with Gasteiger partial charge in [0.25, 0.3) is 6.43 Å². The smallest absolute Gasteiger partial charge is 0.263 e. The minimum Gasteiger partial charge on any atom is -0.383 e. The third kappa shape index (κ3) is 4.99. The van der Waals surface area contributed by atoms with Gasteiger partial charge in [-0.3, -0.25) is 9.67 Å². The second-order valence-corrected chi connectivity index (χ2v) is 12.2. The van der Waals surface area contributed by atoms with E-state index in [2.05, 4.69) is 63.9 Å². The first-order chi connectivity index (χ1) is 20.5. The van der Waals surface area contributed by atoms with Gasteiger partial charge in [-0.1, -0.05) is 44.2 Å². The minimum absolute atomic E-state index is 0.0773. The van der Waals surface area contributed by atoms with E-state index >= 15 is 0 Å². The summed E-state index contributed by atoms with van der Waals surface area (Å²) in [5.41, 5.74) is 2.97. The fraction of sp³-hybridized carbons (Fsp3) is 0.355. The summed E-state index contributed by atoms with van der Waals surface area (Å²) in [6.45, 7) is 6.83. The topological polar surface area (TPSA) is 133 Å². The van der Waals surface area contributed by atoms with Crippen LogP contribution in [0.15, 0.2) is 48.9 Å². The average molecular weight is 581 g/mol. The molecule has 1 aliphatic rings. The lowest BCUT2D eigenvalue weighted by Crippen LogP contribution is -2.26. The van der Waals surface area contributed by atoms with E-state index in [9.17, 15) is 19.3 Å². The number of alkyl halides is 2. The Morgan fingerprint density at radius 3 is 2.53 bits per heavy atom. The van der Waals surface area contributed by atoms with Crippen molar-refractivity contribution < 1.29 is 8.78 Å². The maximum Gasteiger partial charge on any atom is 0.263 e. The zero-order chi connectivity index (χ0) is 30.5. The maximum atomic E-state index is 13.9. The van der Waals surface area contributed by atoms with Gasteiger partial charge in [-0.2, -0.15) is 15.6 Å². The van der Waals surface area contributed by atoms with Gasteiger partial charge in [0, 0.05) is 41.8 Å². The van der Waals surface area contributed by atoms with E-state index in [1.807, 2.05) is 31.3 Å². The van der Waals surface area contributed by atoms with Crippen LogP contribution >= 0.6 is 0 Å². The number of halogens is 2. The molecule has 0 saturated heterocycles. The lowest BCUT2D eigenvalue weighted by Gasteiger charge is -2.23. The number of nitriles is 2. The number of para-hydroxylation sites is 1. The number of hydrogen-bond donors (Lipinski definition) is 2. The number of nitrogens with one attached hydrogen (secondary N) is 2. The fourth-order valence-corrected chi connectivity index (χ4v) is 5.38. The third-order valence-corrected chi connectivity index (χ3v) is 7.85. The molecule has 1 atom stereocenters. The molecule has 0 radical (unpaired) electrons. The van der Waals surface area contributed by atoms with Crippen molar-refractivity contribution in [1.29, 1.82) is 10.5 Å². The van der Waals surface area contributed by atoms with Gasteiger partial charge >= 0.3 is 0 Å². The molecule has 1 saturated carbocycles. The largest absolute Gasteiger partial charge is 0.383 e. The average Bonchev–Trinajstić information content (AvgIpc) is 3.50. The molecule has 5 aromatic rings. The van der Waals surface area contributed by atoms with Crippen LogP contribution in [0.5, 0.6) is 0 Å². The van der Waals surface area contributed by atoms with Crippen molar-refractivity contribution in [2.45, 2.75) is 51.6 Å². The minimum atomic E-state index is -2.56. The van der Waals surface area contributed by atoms with Crippen LogP contribution in [0.25, 0.3) is 21.8 Å². The van der Waals surface area contributed by atoms with Gasteiger partial charge in [-0.15, -0.1) is 5.10 Å². The Morgan fingerprint density at radius 1 is 1.09 bits per heavy atom. The Hall–Kier alpha value is -5.10. The van der Waals surface area contributed by atoms with Crippen LogP contribution in [-0.4, -0.2) is 42.7 Å². The highest BCUT2D eigenvalue weighted by atomic mass is 19.3. The van der Waals surface area contributed by atoms with Crippen molar-refractivity contribution in [1.82, 2.24) is 29.8 Å². The molecule has 218 valence electrons. The zero-order valence-electron chi connectivity index (χ0n) is 24.2. The number of benzene rings is 2. The second kappa shape index (κ2) is 10.3. The molecule has 1 aliphatic carbocycles. The Bertz CT molecular complexity index is 1930. The van der Waals surface area contributed by atoms with E-state index < -0.39 is 18.0 Å². The predicted molar refractivity (Wildman–Crippen MR) is 159 cm³/mol. The standard InChI is InChI=1S/C31H30F2N10/c1-30(2,3)17-37-26-20(13-35)14-36-25-19(12-34)10-21(11-23(25)26)39-27(22-7-5-6-18-15-38-42(4)28(18)22)24-16-43(41-40-24)31(8-9-31)29(32)33/h5-7,10-11,14-16,27,29,39H,8-9,17H2,1-4H3,(H,36,37)/t27-/m0/s1. The summed E-state index contributed by atoms with van der Waals surface area (Å²) in [6, 6.07) is 13.1. The van der Waals surface area contributed by atoms with Crippen molar-refractivity contribution in [2.24, 2.45) is 12.5 Å². The monoisotopic (exact) mass is 580 g/mol. The summed E-state index contributed by atoms with van der Waals surface area (Å²) in [5.74, 6) is 0. The van der Waals surface area contributed by atoms with Crippen molar-refractivity contribution in [3.05, 3.63) is 71.3 Å². The molecule has 2 aromatic carbocycles. The summed E-state index contributed by atoms with van der Waals surface area (Å²) in [4.78, 5) is 4.44. The summed E-state index contributed by atoms with van der Waals surface area (Å²) in [7, 11) is 1.84. The molecule has 10 nitrogen and oxygen atoms in total. The highest BCUT2D eigenvalue weighted by Crippen LogP contribution is 2.48. The second-order valence-electron chi connectivity index (χ2n) is 12.2. The summed E-state index contributed by atoms with van der Waals surface area (Å²) >= 11 is 0. The molecule has 0 amide bonds. The first kappa shape index (κ1) is 28.0. The van der Waals surface area contributed by atoms with Crippen molar-refractivity contribution in [2.75, 3.05) is 17.2 Å². The van der Waals surface area contributed by atoms with Gasteiger partial charge in [-0.05, 0) is 30.4 Å². The highest BCUT2D eigenvalue weighted by molar-refractivity contribution is 5.99. The van der Waals surface area contributed by atoms with E-state index in [1.54, 1.807) is 23.1 Å². The summed E-state index contributed by atoms with van der Waals surface area (Å²) in [5, 5.41) is 41.3. The molecule has 0 aliphatic heterocycles. The molecule has 2 N–H and O–H groups in total. The number of aromatic nitrogens is 6. The number of rotatable bonds is 8. The third-order valence-electron chi connectivity index (χ3n) is 7.85. The Balaban J connectivity index is 1.51. The number of nitrogens with zero attached hydrogens (tertiary/aromatic N) is 8. The van der Waals surface area contributed by atoms with Crippen molar-refractivity contribution >= 4 is 33.2 Å². The van der Waals surface area contributed by atoms with Crippen LogP contribution in [0, 0.1) is 28.1 Å². The van der Waals surface area contributed by atoms with E-state index in [1.165, 1.54) is 10.9 Å². The SMILES string of the molecule is Cn1ncc2cccc([C@H](Nc3cc(C#N)c4ncc(C#N)c(NCC(C)(C)C)c4c3)c3cn(C4(C(F)F)CC4)nn3)c21. The molecule has 1 fully saturated rings. The Morgan fingerprint density at radius 2 is 1.86 bits per heavy atom. The van der Waals surface area contributed by atoms with Gasteiger partial charge in [0.1, 0.15) is 23.4 Å². The van der Waals surface area contributed by atoms with Gasteiger partial charge in [-0.25, -0.2) is 13.5 Å². The molecule has 0 bridgehead atoms. The van der Waals surface area contributed by atoms with Crippen LogP contribution in [-0.2, 0) is 12.6 Å². The van der Waals surface area contributed by atoms with Crippen molar-refractivity contribution in [3.8, 4) is 12.1 Å². The number of hydrogen-bond acceptors (Lipinski definition) is 8.